The highest BCUT2D eigenvalue weighted by molar-refractivity contribution is 9.10. The second kappa shape index (κ2) is 10.3. The van der Waals surface area contributed by atoms with Crippen LogP contribution in [0.15, 0.2) is 61.8 Å². The summed E-state index contributed by atoms with van der Waals surface area (Å²) >= 11 is 9.60. The van der Waals surface area contributed by atoms with Gasteiger partial charge in [-0.1, -0.05) is 39.8 Å². The number of aromatic nitrogens is 1. The van der Waals surface area contributed by atoms with E-state index in [1.807, 2.05) is 48.7 Å². The van der Waals surface area contributed by atoms with Crippen LogP contribution in [-0.2, 0) is 11.4 Å². The van der Waals surface area contributed by atoms with Gasteiger partial charge in [-0.15, -0.1) is 11.3 Å². The molecule has 1 fully saturated rings. The molecule has 2 heterocycles. The maximum Gasteiger partial charge on any atom is 0.186 e. The minimum Gasteiger partial charge on any atom is -0.490 e. The molecule has 3 aromatic rings. The van der Waals surface area contributed by atoms with Gasteiger partial charge in [-0.25, -0.2) is 4.98 Å². The van der Waals surface area contributed by atoms with Crippen LogP contribution in [0.5, 0.6) is 11.5 Å². The Bertz CT molecular complexity index is 1180. The summed E-state index contributed by atoms with van der Waals surface area (Å²) in [5.41, 5.74) is 1.83. The van der Waals surface area contributed by atoms with Gasteiger partial charge in [-0.3, -0.25) is 10.2 Å². The SMILES string of the molecule is CCOc1cc(/C=C2\SC(=N)[C@H](c3nccs3)C2=O)cc(Br)c1OCc1ccc(Br)cc1. The average molecular weight is 594 g/mol. The van der Waals surface area contributed by atoms with Gasteiger partial charge in [0.05, 0.1) is 21.0 Å². The van der Waals surface area contributed by atoms with Gasteiger partial charge in [-0.2, -0.15) is 0 Å². The van der Waals surface area contributed by atoms with Crippen molar-refractivity contribution in [2.45, 2.75) is 19.4 Å². The van der Waals surface area contributed by atoms with Crippen molar-refractivity contribution < 1.29 is 14.3 Å². The summed E-state index contributed by atoms with van der Waals surface area (Å²) in [6, 6.07) is 11.7. The second-order valence-electron chi connectivity index (χ2n) is 6.82. The van der Waals surface area contributed by atoms with Crippen LogP contribution >= 0.6 is 55.0 Å². The maximum atomic E-state index is 12.9. The van der Waals surface area contributed by atoms with Gasteiger partial charge in [0.15, 0.2) is 17.3 Å². The van der Waals surface area contributed by atoms with Gasteiger partial charge < -0.3 is 9.47 Å². The molecule has 164 valence electrons. The third kappa shape index (κ3) is 5.17. The standard InChI is InChI=1S/C23H18Br2N2O3S2/c1-2-29-17-10-14(9-16(25)21(17)30-12-13-3-5-15(24)6-4-13)11-18-20(28)19(22(26)32-18)23-27-7-8-31-23/h3-11,19,26H,2,12H2,1H3/b18-11-,26-22?/t19-/m1/s1. The van der Waals surface area contributed by atoms with Crippen LogP contribution in [0.1, 0.15) is 29.0 Å². The summed E-state index contributed by atoms with van der Waals surface area (Å²) in [5, 5.41) is 11.0. The number of carbonyl (C=O) groups is 1. The van der Waals surface area contributed by atoms with Crippen LogP contribution in [-0.4, -0.2) is 22.4 Å². The van der Waals surface area contributed by atoms with E-state index in [2.05, 4.69) is 36.8 Å². The molecule has 1 aliphatic heterocycles. The first-order valence-corrected chi connectivity index (χ1v) is 13.0. The van der Waals surface area contributed by atoms with Crippen molar-refractivity contribution in [3.8, 4) is 11.5 Å². The Morgan fingerprint density at radius 1 is 1.19 bits per heavy atom. The highest BCUT2D eigenvalue weighted by Crippen LogP contribution is 2.43. The first-order valence-electron chi connectivity index (χ1n) is 9.71. The topological polar surface area (TPSA) is 72.3 Å². The Morgan fingerprint density at radius 3 is 2.66 bits per heavy atom. The lowest BCUT2D eigenvalue weighted by atomic mass is 10.0. The molecule has 1 saturated heterocycles. The first kappa shape index (κ1) is 23.2. The summed E-state index contributed by atoms with van der Waals surface area (Å²) in [6.07, 6.45) is 3.45. The Labute approximate surface area is 211 Å². The van der Waals surface area contributed by atoms with Gasteiger partial charge in [0.2, 0.25) is 0 Å². The zero-order valence-corrected chi connectivity index (χ0v) is 21.7. The van der Waals surface area contributed by atoms with Crippen LogP contribution in [0.4, 0.5) is 0 Å². The fraction of sp³-hybridized carbons (Fsp3) is 0.174. The zero-order chi connectivity index (χ0) is 22.7. The van der Waals surface area contributed by atoms with Gasteiger partial charge in [0.1, 0.15) is 17.5 Å². The average Bonchev–Trinajstić information content (AvgIpc) is 3.37. The van der Waals surface area contributed by atoms with Crippen LogP contribution < -0.4 is 9.47 Å². The number of halogens is 2. The Hall–Kier alpha value is -1.94. The second-order valence-corrected chi connectivity index (χ2v) is 10.6. The fourth-order valence-corrected chi connectivity index (χ4v) is 5.80. The smallest absolute Gasteiger partial charge is 0.186 e. The predicted octanol–water partition coefficient (Wildman–Crippen LogP) is 7.06. The van der Waals surface area contributed by atoms with Crippen LogP contribution in [0, 0.1) is 5.41 Å². The lowest BCUT2D eigenvalue weighted by molar-refractivity contribution is -0.114. The molecule has 0 bridgehead atoms. The van der Waals surface area contributed by atoms with E-state index in [-0.39, 0.29) is 5.78 Å². The van der Waals surface area contributed by atoms with Crippen molar-refractivity contribution in [1.82, 2.24) is 4.98 Å². The normalized spacial score (nSPS) is 17.2. The lowest BCUT2D eigenvalue weighted by Gasteiger charge is -2.15. The lowest BCUT2D eigenvalue weighted by Crippen LogP contribution is -2.11. The minimum atomic E-state index is -0.602. The van der Waals surface area contributed by atoms with Crippen LogP contribution in [0.2, 0.25) is 0 Å². The Balaban J connectivity index is 1.59. The number of benzene rings is 2. The van der Waals surface area contributed by atoms with Crippen molar-refractivity contribution in [2.75, 3.05) is 6.61 Å². The van der Waals surface area contributed by atoms with Crippen molar-refractivity contribution >= 4 is 71.9 Å². The number of allylic oxidation sites excluding steroid dienone is 1. The minimum absolute atomic E-state index is 0.0976. The molecule has 9 heteroatoms. The van der Waals surface area contributed by atoms with Gasteiger partial charge in [0, 0.05) is 16.0 Å². The van der Waals surface area contributed by atoms with E-state index in [4.69, 9.17) is 14.9 Å². The molecule has 2 aromatic carbocycles. The number of ketones is 1. The Kier molecular flexibility index (Phi) is 7.50. The molecule has 5 nitrogen and oxygen atoms in total. The largest absolute Gasteiger partial charge is 0.490 e. The number of thiazole rings is 1. The molecule has 0 unspecified atom stereocenters. The molecule has 1 aliphatic rings. The Morgan fingerprint density at radius 2 is 1.97 bits per heavy atom. The molecule has 0 aliphatic carbocycles. The molecule has 1 aromatic heterocycles. The van der Waals surface area contributed by atoms with E-state index in [0.717, 1.165) is 20.1 Å². The first-order chi connectivity index (χ1) is 15.5. The molecule has 1 N–H and O–H groups in total. The van der Waals surface area contributed by atoms with Crippen molar-refractivity contribution in [1.29, 1.82) is 5.41 Å². The predicted molar refractivity (Wildman–Crippen MR) is 137 cm³/mol. The number of carbonyl (C=O) groups excluding carboxylic acids is 1. The molecular weight excluding hydrogens is 576 g/mol. The van der Waals surface area contributed by atoms with E-state index < -0.39 is 5.92 Å². The molecule has 1 atom stereocenters. The third-order valence-electron chi connectivity index (χ3n) is 4.61. The number of hydrogen-bond donors (Lipinski definition) is 1. The van der Waals surface area contributed by atoms with E-state index in [1.165, 1.54) is 23.1 Å². The quantitative estimate of drug-likeness (QED) is 0.297. The number of ether oxygens (including phenoxy) is 2. The van der Waals surface area contributed by atoms with Crippen molar-refractivity contribution in [3.05, 3.63) is 78.0 Å². The summed E-state index contributed by atoms with van der Waals surface area (Å²) in [5.74, 6) is 0.498. The summed E-state index contributed by atoms with van der Waals surface area (Å²) in [6.45, 7) is 2.78. The summed E-state index contributed by atoms with van der Waals surface area (Å²) in [7, 11) is 0. The molecular formula is C23H18Br2N2O3S2. The summed E-state index contributed by atoms with van der Waals surface area (Å²) in [4.78, 5) is 17.7. The zero-order valence-electron chi connectivity index (χ0n) is 16.9. The van der Waals surface area contributed by atoms with Crippen LogP contribution in [0.3, 0.4) is 0 Å². The highest BCUT2D eigenvalue weighted by atomic mass is 79.9. The van der Waals surface area contributed by atoms with E-state index in [9.17, 15) is 4.79 Å². The number of Topliss-reactive ketones (excluding diaryl/α,β-unsaturated/α-hetero) is 1. The van der Waals surface area contributed by atoms with E-state index in [1.54, 1.807) is 12.3 Å². The van der Waals surface area contributed by atoms with Crippen molar-refractivity contribution in [3.63, 3.8) is 0 Å². The maximum absolute atomic E-state index is 12.9. The molecule has 0 radical (unpaired) electrons. The number of hydrogen-bond acceptors (Lipinski definition) is 7. The van der Waals surface area contributed by atoms with E-state index in [0.29, 0.717) is 39.7 Å². The van der Waals surface area contributed by atoms with Crippen LogP contribution in [0.25, 0.3) is 6.08 Å². The van der Waals surface area contributed by atoms with Gasteiger partial charge in [-0.05, 0) is 64.3 Å². The van der Waals surface area contributed by atoms with Crippen molar-refractivity contribution in [2.24, 2.45) is 0 Å². The molecule has 0 saturated carbocycles. The fourth-order valence-electron chi connectivity index (χ4n) is 3.15. The number of nitrogens with one attached hydrogen (secondary N) is 1. The molecule has 0 amide bonds. The third-order valence-corrected chi connectivity index (χ3v) is 7.56. The monoisotopic (exact) mass is 592 g/mol. The number of rotatable bonds is 7. The number of thioether (sulfide) groups is 1. The van der Waals surface area contributed by atoms with E-state index >= 15 is 0 Å². The molecule has 4 rings (SSSR count). The summed E-state index contributed by atoms with van der Waals surface area (Å²) < 4.78 is 13.6. The van der Waals surface area contributed by atoms with Gasteiger partial charge >= 0.3 is 0 Å². The van der Waals surface area contributed by atoms with Gasteiger partial charge in [0.25, 0.3) is 0 Å². The number of nitrogens with zero attached hydrogens (tertiary/aromatic N) is 1. The molecule has 0 spiro atoms. The molecule has 32 heavy (non-hydrogen) atoms. The highest BCUT2D eigenvalue weighted by Gasteiger charge is 2.38.